The van der Waals surface area contributed by atoms with Crippen LogP contribution in [-0.2, 0) is 0 Å². The molecule has 0 amide bonds. The fraction of sp³-hybridized carbons (Fsp3) is 0.125. The molecule has 0 aliphatic rings. The van der Waals surface area contributed by atoms with Crippen LogP contribution in [0.1, 0.15) is 13.8 Å². The van der Waals surface area contributed by atoms with Crippen molar-refractivity contribution in [3.8, 4) is 11.4 Å². The monoisotopic (exact) mass is 346 g/mol. The van der Waals surface area contributed by atoms with Gasteiger partial charge in [-0.15, -0.1) is 0 Å². The Labute approximate surface area is 132 Å². The van der Waals surface area contributed by atoms with Crippen LogP contribution in [0.5, 0.6) is 0 Å². The lowest BCUT2D eigenvalue weighted by Gasteiger charge is -2.04. The quantitative estimate of drug-likeness (QED) is 0.568. The van der Waals surface area contributed by atoms with Gasteiger partial charge in [-0.05, 0) is 18.2 Å². The normalized spacial score (nSPS) is 9.95. The molecule has 2 nitrogen and oxygen atoms in total. The first kappa shape index (κ1) is 14.9. The molecule has 1 aromatic heterocycles. The van der Waals surface area contributed by atoms with Gasteiger partial charge < -0.3 is 4.98 Å². The van der Waals surface area contributed by atoms with Gasteiger partial charge in [0.25, 0.3) is 0 Å². The molecule has 2 aromatic carbocycles. The van der Waals surface area contributed by atoms with Gasteiger partial charge in [-0.25, -0.2) is 4.98 Å². The fourth-order valence-corrected chi connectivity index (χ4v) is 2.47. The Hall–Kier alpha value is -1.52. The van der Waals surface area contributed by atoms with E-state index in [4.69, 9.17) is 12.2 Å². The van der Waals surface area contributed by atoms with Crippen LogP contribution in [-0.4, -0.2) is 9.97 Å². The molecule has 0 spiro atoms. The van der Waals surface area contributed by atoms with E-state index in [1.807, 2.05) is 62.4 Å². The summed E-state index contributed by atoms with van der Waals surface area (Å²) in [6.45, 7) is 4.00. The lowest BCUT2D eigenvalue weighted by atomic mass is 10.2. The third kappa shape index (κ3) is 3.14. The van der Waals surface area contributed by atoms with E-state index in [0.717, 1.165) is 26.8 Å². The highest BCUT2D eigenvalue weighted by atomic mass is 79.9. The van der Waals surface area contributed by atoms with Gasteiger partial charge in [-0.1, -0.05) is 72.3 Å². The molecule has 0 bridgehead atoms. The zero-order chi connectivity index (χ0) is 14.5. The Bertz CT molecular complexity index is 766. The van der Waals surface area contributed by atoms with Crippen LogP contribution >= 0.6 is 28.1 Å². The zero-order valence-electron chi connectivity index (χ0n) is 11.4. The molecule has 0 radical (unpaired) electrons. The summed E-state index contributed by atoms with van der Waals surface area (Å²) in [6, 6.07) is 16.0. The van der Waals surface area contributed by atoms with Crippen molar-refractivity contribution < 1.29 is 0 Å². The van der Waals surface area contributed by atoms with E-state index in [0.29, 0.717) is 4.64 Å². The third-order valence-corrected chi connectivity index (χ3v) is 3.53. The van der Waals surface area contributed by atoms with E-state index < -0.39 is 0 Å². The number of aromatic amines is 1. The summed E-state index contributed by atoms with van der Waals surface area (Å²) >= 11 is 8.79. The average molecular weight is 347 g/mol. The number of fused-ring (bicyclic) bond motifs is 1. The second-order valence-electron chi connectivity index (χ2n) is 3.95. The first-order chi connectivity index (χ1) is 9.74. The smallest absolute Gasteiger partial charge is 0.139 e. The van der Waals surface area contributed by atoms with E-state index in [-0.39, 0.29) is 0 Å². The van der Waals surface area contributed by atoms with Crippen LogP contribution in [0.15, 0.2) is 53.0 Å². The Balaban J connectivity index is 0.000000704. The Kier molecular flexibility index (Phi) is 5.04. The molecule has 0 saturated heterocycles. The van der Waals surface area contributed by atoms with Crippen LogP contribution in [0, 0.1) is 4.64 Å². The van der Waals surface area contributed by atoms with Crippen LogP contribution in [0.2, 0.25) is 0 Å². The van der Waals surface area contributed by atoms with Crippen molar-refractivity contribution in [2.75, 3.05) is 0 Å². The van der Waals surface area contributed by atoms with Crippen molar-refractivity contribution in [3.05, 3.63) is 57.6 Å². The number of aromatic nitrogens is 2. The van der Waals surface area contributed by atoms with E-state index in [1.54, 1.807) is 0 Å². The highest BCUT2D eigenvalue weighted by Gasteiger charge is 2.03. The number of nitrogens with zero attached hydrogens (tertiary/aromatic N) is 1. The van der Waals surface area contributed by atoms with Crippen molar-refractivity contribution in [2.24, 2.45) is 0 Å². The number of benzene rings is 2. The fourth-order valence-electron chi connectivity index (χ4n) is 1.85. The van der Waals surface area contributed by atoms with Crippen molar-refractivity contribution in [1.29, 1.82) is 0 Å². The summed E-state index contributed by atoms with van der Waals surface area (Å²) in [5.41, 5.74) is 2.03. The second kappa shape index (κ2) is 6.77. The molecular weight excluding hydrogens is 332 g/mol. The first-order valence-corrected chi connectivity index (χ1v) is 7.69. The molecular formula is C16H15BrN2S. The molecule has 20 heavy (non-hydrogen) atoms. The van der Waals surface area contributed by atoms with E-state index in [2.05, 4.69) is 25.9 Å². The molecule has 3 rings (SSSR count). The highest BCUT2D eigenvalue weighted by Crippen LogP contribution is 2.22. The lowest BCUT2D eigenvalue weighted by Crippen LogP contribution is -1.91. The van der Waals surface area contributed by atoms with Crippen molar-refractivity contribution in [2.45, 2.75) is 13.8 Å². The second-order valence-corrected chi connectivity index (χ2v) is 5.25. The van der Waals surface area contributed by atoms with Crippen LogP contribution in [0.25, 0.3) is 22.3 Å². The van der Waals surface area contributed by atoms with Crippen LogP contribution in [0.4, 0.5) is 0 Å². The van der Waals surface area contributed by atoms with Crippen LogP contribution in [0.3, 0.4) is 0 Å². The minimum atomic E-state index is 0.615. The average Bonchev–Trinajstić information content (AvgIpc) is 2.51. The number of nitrogens with one attached hydrogen (secondary N) is 1. The predicted octanol–water partition coefficient (Wildman–Crippen LogP) is 5.75. The number of H-pyrrole nitrogens is 1. The molecule has 1 N–H and O–H groups in total. The van der Waals surface area contributed by atoms with Gasteiger partial charge in [0.15, 0.2) is 0 Å². The van der Waals surface area contributed by atoms with Gasteiger partial charge in [0, 0.05) is 15.4 Å². The van der Waals surface area contributed by atoms with Crippen molar-refractivity contribution in [3.63, 3.8) is 0 Å². The van der Waals surface area contributed by atoms with Gasteiger partial charge in [-0.2, -0.15) is 0 Å². The predicted molar refractivity (Wildman–Crippen MR) is 91.4 cm³/mol. The van der Waals surface area contributed by atoms with Gasteiger partial charge >= 0.3 is 0 Å². The van der Waals surface area contributed by atoms with Gasteiger partial charge in [0.05, 0.1) is 5.52 Å². The molecule has 4 heteroatoms. The number of halogens is 1. The van der Waals surface area contributed by atoms with Crippen LogP contribution < -0.4 is 0 Å². The summed E-state index contributed by atoms with van der Waals surface area (Å²) in [6.07, 6.45) is 0. The third-order valence-electron chi connectivity index (χ3n) is 2.73. The van der Waals surface area contributed by atoms with Crippen molar-refractivity contribution >= 4 is 39.1 Å². The SMILES string of the molecule is CC.S=c1nc(-c2ccccc2)[nH]c2ccc(Br)cc12. The molecule has 0 aliphatic carbocycles. The molecule has 0 saturated carbocycles. The molecule has 0 fully saturated rings. The number of rotatable bonds is 1. The molecule has 0 unspecified atom stereocenters. The van der Waals surface area contributed by atoms with Gasteiger partial charge in [0.1, 0.15) is 10.5 Å². The lowest BCUT2D eigenvalue weighted by molar-refractivity contribution is 1.21. The minimum Gasteiger partial charge on any atom is -0.339 e. The highest BCUT2D eigenvalue weighted by molar-refractivity contribution is 9.10. The Morgan fingerprint density at radius 3 is 2.45 bits per heavy atom. The summed E-state index contributed by atoms with van der Waals surface area (Å²) in [5.74, 6) is 0.801. The minimum absolute atomic E-state index is 0.615. The van der Waals surface area contributed by atoms with Crippen molar-refractivity contribution in [1.82, 2.24) is 9.97 Å². The van der Waals surface area contributed by atoms with E-state index >= 15 is 0 Å². The maximum Gasteiger partial charge on any atom is 0.139 e. The summed E-state index contributed by atoms with van der Waals surface area (Å²) < 4.78 is 1.62. The Morgan fingerprint density at radius 2 is 1.75 bits per heavy atom. The number of hydrogen-bond donors (Lipinski definition) is 1. The van der Waals surface area contributed by atoms with E-state index in [1.165, 1.54) is 0 Å². The summed E-state index contributed by atoms with van der Waals surface area (Å²) in [7, 11) is 0. The topological polar surface area (TPSA) is 28.7 Å². The zero-order valence-corrected chi connectivity index (χ0v) is 13.8. The summed E-state index contributed by atoms with van der Waals surface area (Å²) in [5, 5.41) is 0.957. The molecule has 0 atom stereocenters. The molecule has 3 aromatic rings. The van der Waals surface area contributed by atoms with Gasteiger partial charge in [0.2, 0.25) is 0 Å². The molecule has 102 valence electrons. The summed E-state index contributed by atoms with van der Waals surface area (Å²) in [4.78, 5) is 7.76. The molecule has 1 heterocycles. The molecule has 0 aliphatic heterocycles. The maximum absolute atomic E-state index is 5.35. The van der Waals surface area contributed by atoms with Gasteiger partial charge in [-0.3, -0.25) is 0 Å². The van der Waals surface area contributed by atoms with E-state index in [9.17, 15) is 0 Å². The number of hydrogen-bond acceptors (Lipinski definition) is 2. The maximum atomic E-state index is 5.35. The Morgan fingerprint density at radius 1 is 1.05 bits per heavy atom. The largest absolute Gasteiger partial charge is 0.339 e. The standard InChI is InChI=1S/C14H9BrN2S.C2H6/c15-10-6-7-12-11(8-10)14(18)17-13(16-12)9-4-2-1-3-5-9;1-2/h1-8H,(H,16,17,18);1-2H3. The first-order valence-electron chi connectivity index (χ1n) is 6.49.